The number of nitrogens with two attached hydrogens (primary N) is 1. The molecule has 0 aliphatic carbocycles. The molecule has 9 heteroatoms. The van der Waals surface area contributed by atoms with Gasteiger partial charge in [-0.1, -0.05) is 22.0 Å². The highest BCUT2D eigenvalue weighted by atomic mass is 79.9. The molecule has 0 amide bonds. The second-order valence-corrected chi connectivity index (χ2v) is 5.32. The Morgan fingerprint density at radius 2 is 1.76 bits per heavy atom. The summed E-state index contributed by atoms with van der Waals surface area (Å²) in [6.07, 6.45) is -10.1. The van der Waals surface area contributed by atoms with E-state index in [1.165, 1.54) is 12.1 Å². The molecule has 1 rings (SSSR count). The van der Waals surface area contributed by atoms with Crippen LogP contribution in [0.25, 0.3) is 0 Å². The number of hydrogen-bond donors (Lipinski definition) is 2. The van der Waals surface area contributed by atoms with Gasteiger partial charge in [-0.2, -0.15) is 26.3 Å². The molecule has 0 bridgehead atoms. The highest BCUT2D eigenvalue weighted by Gasteiger charge is 2.33. The predicted molar refractivity (Wildman–Crippen MR) is 69.1 cm³/mol. The summed E-state index contributed by atoms with van der Waals surface area (Å²) in [5, 5.41) is 0. The van der Waals surface area contributed by atoms with Gasteiger partial charge in [0.05, 0.1) is 5.56 Å². The maximum Gasteiger partial charge on any atom is 0.417 e. The normalized spacial score (nSPS) is 14.3. The number of rotatable bonds is 5. The van der Waals surface area contributed by atoms with Gasteiger partial charge in [0, 0.05) is 16.9 Å². The minimum absolute atomic E-state index is 0.0189. The van der Waals surface area contributed by atoms with Crippen molar-refractivity contribution in [2.45, 2.75) is 37.7 Å². The monoisotopic (exact) mass is 378 g/mol. The van der Waals surface area contributed by atoms with Crippen LogP contribution in [0.2, 0.25) is 0 Å². The largest absolute Gasteiger partial charge is 0.417 e. The SMILES string of the molecule is NNC(CCCC(F)(F)F)c1ccc(Br)c(C(F)(F)F)c1. The molecular formula is C12H13BrF6N2. The van der Waals surface area contributed by atoms with E-state index >= 15 is 0 Å². The molecule has 0 aliphatic heterocycles. The highest BCUT2D eigenvalue weighted by Crippen LogP contribution is 2.37. The fourth-order valence-corrected chi connectivity index (χ4v) is 2.30. The minimum atomic E-state index is -4.56. The van der Waals surface area contributed by atoms with E-state index in [0.29, 0.717) is 0 Å². The Balaban J connectivity index is 2.86. The molecule has 0 heterocycles. The second-order valence-electron chi connectivity index (χ2n) is 4.46. The van der Waals surface area contributed by atoms with Crippen molar-refractivity contribution in [3.8, 4) is 0 Å². The lowest BCUT2D eigenvalue weighted by atomic mass is 9.99. The van der Waals surface area contributed by atoms with Gasteiger partial charge in [-0.05, 0) is 30.5 Å². The molecule has 0 radical (unpaired) electrons. The lowest BCUT2D eigenvalue weighted by molar-refractivity contribution is -0.138. The summed E-state index contributed by atoms with van der Waals surface area (Å²) in [7, 11) is 0. The first kappa shape index (κ1) is 18.2. The van der Waals surface area contributed by atoms with E-state index in [1.807, 2.05) is 0 Å². The fourth-order valence-electron chi connectivity index (χ4n) is 1.83. The van der Waals surface area contributed by atoms with Crippen molar-refractivity contribution in [2.24, 2.45) is 5.84 Å². The summed E-state index contributed by atoms with van der Waals surface area (Å²) < 4.78 is 74.4. The molecule has 1 unspecified atom stereocenters. The number of alkyl halides is 6. The van der Waals surface area contributed by atoms with Crippen LogP contribution in [0.3, 0.4) is 0 Å². The van der Waals surface area contributed by atoms with Gasteiger partial charge >= 0.3 is 12.4 Å². The molecule has 21 heavy (non-hydrogen) atoms. The zero-order valence-electron chi connectivity index (χ0n) is 10.7. The predicted octanol–water partition coefficient (Wildman–Crippen LogP) is 4.70. The Kier molecular flexibility index (Phi) is 6.06. The standard InChI is InChI=1S/C12H13BrF6N2/c13-9-4-3-7(6-8(9)12(17,18)19)10(21-20)2-1-5-11(14,15)16/h3-4,6,10,21H,1-2,5,20H2. The van der Waals surface area contributed by atoms with Crippen molar-refractivity contribution >= 4 is 15.9 Å². The summed E-state index contributed by atoms with van der Waals surface area (Å²) in [5.41, 5.74) is 1.55. The third-order valence-electron chi connectivity index (χ3n) is 2.85. The van der Waals surface area contributed by atoms with Crippen LogP contribution in [0.15, 0.2) is 22.7 Å². The molecule has 0 aromatic heterocycles. The molecule has 0 saturated heterocycles. The quantitative estimate of drug-likeness (QED) is 0.442. The number of nitrogens with one attached hydrogen (secondary N) is 1. The fraction of sp³-hybridized carbons (Fsp3) is 0.500. The van der Waals surface area contributed by atoms with Crippen LogP contribution >= 0.6 is 15.9 Å². The first-order valence-electron chi connectivity index (χ1n) is 5.94. The van der Waals surface area contributed by atoms with Crippen LogP contribution in [0, 0.1) is 0 Å². The van der Waals surface area contributed by atoms with Gasteiger partial charge < -0.3 is 0 Å². The average Bonchev–Trinajstić information content (AvgIpc) is 2.33. The molecule has 1 atom stereocenters. The molecule has 1 aromatic carbocycles. The van der Waals surface area contributed by atoms with E-state index in [-0.39, 0.29) is 22.9 Å². The van der Waals surface area contributed by atoms with Crippen molar-refractivity contribution in [3.63, 3.8) is 0 Å². The van der Waals surface area contributed by atoms with E-state index < -0.39 is 30.4 Å². The van der Waals surface area contributed by atoms with Gasteiger partial charge in [0.1, 0.15) is 0 Å². The summed E-state index contributed by atoms with van der Waals surface area (Å²) >= 11 is 2.80. The van der Waals surface area contributed by atoms with Crippen LogP contribution in [-0.4, -0.2) is 6.18 Å². The first-order valence-corrected chi connectivity index (χ1v) is 6.73. The first-order chi connectivity index (χ1) is 9.54. The van der Waals surface area contributed by atoms with E-state index in [2.05, 4.69) is 21.4 Å². The summed E-state index contributed by atoms with van der Waals surface area (Å²) in [5.74, 6) is 5.23. The van der Waals surface area contributed by atoms with Crippen LogP contribution in [0.4, 0.5) is 26.3 Å². The molecule has 0 spiro atoms. The second kappa shape index (κ2) is 6.97. The number of hydrazine groups is 1. The van der Waals surface area contributed by atoms with Gasteiger partial charge in [0.25, 0.3) is 0 Å². The molecule has 2 nitrogen and oxygen atoms in total. The third kappa shape index (κ3) is 5.84. The Morgan fingerprint density at radius 1 is 1.14 bits per heavy atom. The lowest BCUT2D eigenvalue weighted by Crippen LogP contribution is -2.28. The van der Waals surface area contributed by atoms with E-state index in [9.17, 15) is 26.3 Å². The van der Waals surface area contributed by atoms with Crippen LogP contribution < -0.4 is 11.3 Å². The van der Waals surface area contributed by atoms with E-state index in [4.69, 9.17) is 5.84 Å². The zero-order chi connectivity index (χ0) is 16.3. The molecule has 0 aliphatic rings. The Morgan fingerprint density at radius 3 is 2.24 bits per heavy atom. The Hall–Kier alpha value is -0.800. The summed E-state index contributed by atoms with van der Waals surface area (Å²) in [4.78, 5) is 0. The lowest BCUT2D eigenvalue weighted by Gasteiger charge is -2.19. The molecule has 0 saturated carbocycles. The Labute approximate surface area is 125 Å². The van der Waals surface area contributed by atoms with E-state index in [0.717, 1.165) is 6.07 Å². The number of halogens is 7. The summed E-state index contributed by atoms with van der Waals surface area (Å²) in [6.45, 7) is 0. The van der Waals surface area contributed by atoms with Crippen LogP contribution in [-0.2, 0) is 6.18 Å². The van der Waals surface area contributed by atoms with Gasteiger partial charge in [0.15, 0.2) is 0 Å². The minimum Gasteiger partial charge on any atom is -0.271 e. The van der Waals surface area contributed by atoms with Crippen molar-refractivity contribution in [1.82, 2.24) is 5.43 Å². The number of benzene rings is 1. The maximum atomic E-state index is 12.8. The van der Waals surface area contributed by atoms with Crippen LogP contribution in [0.5, 0.6) is 0 Å². The van der Waals surface area contributed by atoms with Crippen molar-refractivity contribution in [1.29, 1.82) is 0 Å². The van der Waals surface area contributed by atoms with Gasteiger partial charge in [-0.3, -0.25) is 11.3 Å². The van der Waals surface area contributed by atoms with Crippen molar-refractivity contribution in [2.75, 3.05) is 0 Å². The van der Waals surface area contributed by atoms with Gasteiger partial charge in [0.2, 0.25) is 0 Å². The average molecular weight is 379 g/mol. The van der Waals surface area contributed by atoms with Crippen molar-refractivity contribution < 1.29 is 26.3 Å². The topological polar surface area (TPSA) is 38.0 Å². The van der Waals surface area contributed by atoms with Gasteiger partial charge in [-0.25, -0.2) is 0 Å². The highest BCUT2D eigenvalue weighted by molar-refractivity contribution is 9.10. The molecule has 3 N–H and O–H groups in total. The molecular weight excluding hydrogens is 366 g/mol. The van der Waals surface area contributed by atoms with Crippen molar-refractivity contribution in [3.05, 3.63) is 33.8 Å². The molecule has 1 aromatic rings. The van der Waals surface area contributed by atoms with Gasteiger partial charge in [-0.15, -0.1) is 0 Å². The third-order valence-corrected chi connectivity index (χ3v) is 3.54. The summed E-state index contributed by atoms with van der Waals surface area (Å²) in [6, 6.07) is 2.69. The van der Waals surface area contributed by atoms with Crippen LogP contribution in [0.1, 0.15) is 36.4 Å². The molecule has 0 fully saturated rings. The van der Waals surface area contributed by atoms with E-state index in [1.54, 1.807) is 0 Å². The zero-order valence-corrected chi connectivity index (χ0v) is 12.2. The Bertz CT molecular complexity index is 472. The smallest absolute Gasteiger partial charge is 0.271 e. The number of hydrogen-bond acceptors (Lipinski definition) is 2. The maximum absolute atomic E-state index is 12.8. The molecule has 120 valence electrons.